The molecule has 1 N–H and O–H groups in total. The van der Waals surface area contributed by atoms with E-state index < -0.39 is 10.0 Å². The quantitative estimate of drug-likeness (QED) is 0.784. The van der Waals surface area contributed by atoms with E-state index in [1.807, 2.05) is 4.90 Å². The number of nitrogens with one attached hydrogen (secondary N) is 1. The lowest BCUT2D eigenvalue weighted by Gasteiger charge is -2.36. The zero-order chi connectivity index (χ0) is 20.3. The topological polar surface area (TPSA) is 69.7 Å². The van der Waals surface area contributed by atoms with Crippen molar-refractivity contribution in [1.29, 1.82) is 0 Å². The van der Waals surface area contributed by atoms with Gasteiger partial charge in [-0.15, -0.1) is 0 Å². The van der Waals surface area contributed by atoms with Gasteiger partial charge < -0.3 is 5.32 Å². The van der Waals surface area contributed by atoms with Gasteiger partial charge in [0.25, 0.3) is 0 Å². The number of nitrogens with zero attached hydrogens (tertiary/aromatic N) is 2. The fourth-order valence-electron chi connectivity index (χ4n) is 4.12. The van der Waals surface area contributed by atoms with E-state index in [9.17, 15) is 13.2 Å². The Hall–Kier alpha value is -1.15. The third kappa shape index (κ3) is 5.06. The fourth-order valence-corrected chi connectivity index (χ4v) is 5.67. The molecule has 0 bridgehead atoms. The van der Waals surface area contributed by atoms with Gasteiger partial charge in [0.1, 0.15) is 0 Å². The lowest BCUT2D eigenvalue weighted by atomic mass is 9.78. The molecule has 0 radical (unpaired) electrons. The average Bonchev–Trinajstić information content (AvgIpc) is 2.66. The van der Waals surface area contributed by atoms with Crippen molar-refractivity contribution in [2.75, 3.05) is 32.7 Å². The van der Waals surface area contributed by atoms with Crippen LogP contribution in [-0.2, 0) is 14.8 Å². The highest BCUT2D eigenvalue weighted by atomic mass is 35.5. The summed E-state index contributed by atoms with van der Waals surface area (Å²) in [6.07, 6.45) is 3.44. The molecule has 0 aromatic heterocycles. The molecule has 6 nitrogen and oxygen atoms in total. The number of carbonyl (C=O) groups is 1. The molecule has 1 aliphatic heterocycles. The minimum Gasteiger partial charge on any atom is -0.352 e. The number of halogens is 1. The van der Waals surface area contributed by atoms with Crippen molar-refractivity contribution in [3.63, 3.8) is 0 Å². The molecule has 156 valence electrons. The van der Waals surface area contributed by atoms with Gasteiger partial charge in [-0.25, -0.2) is 8.42 Å². The number of amides is 1. The molecule has 1 amide bonds. The highest BCUT2D eigenvalue weighted by molar-refractivity contribution is 7.89. The zero-order valence-electron chi connectivity index (χ0n) is 16.6. The molecular formula is C20H30ClN3O3S. The molecule has 2 aliphatic rings. The Bertz CT molecular complexity index is 776. The fraction of sp³-hybridized carbons (Fsp3) is 0.650. The lowest BCUT2D eigenvalue weighted by Crippen LogP contribution is -2.52. The summed E-state index contributed by atoms with van der Waals surface area (Å²) in [5, 5.41) is 3.70. The van der Waals surface area contributed by atoms with Crippen LogP contribution < -0.4 is 5.32 Å². The van der Waals surface area contributed by atoms with Crippen LogP contribution in [0.15, 0.2) is 29.2 Å². The number of hydrogen-bond donors (Lipinski definition) is 1. The van der Waals surface area contributed by atoms with Crippen molar-refractivity contribution in [2.45, 2.75) is 44.0 Å². The Morgan fingerprint density at radius 2 is 1.75 bits per heavy atom. The summed E-state index contributed by atoms with van der Waals surface area (Å²) >= 11 is 5.85. The van der Waals surface area contributed by atoms with E-state index in [2.05, 4.69) is 19.2 Å². The van der Waals surface area contributed by atoms with Crippen molar-refractivity contribution in [1.82, 2.24) is 14.5 Å². The van der Waals surface area contributed by atoms with Crippen LogP contribution in [0.3, 0.4) is 0 Å². The molecule has 3 rings (SSSR count). The van der Waals surface area contributed by atoms with Crippen molar-refractivity contribution in [2.24, 2.45) is 11.8 Å². The van der Waals surface area contributed by atoms with Crippen molar-refractivity contribution < 1.29 is 13.2 Å². The number of benzene rings is 1. The first-order valence-corrected chi connectivity index (χ1v) is 11.9. The summed E-state index contributed by atoms with van der Waals surface area (Å²) in [4.78, 5) is 14.7. The van der Waals surface area contributed by atoms with Crippen LogP contribution in [-0.4, -0.2) is 62.3 Å². The van der Waals surface area contributed by atoms with Crippen LogP contribution >= 0.6 is 11.6 Å². The van der Waals surface area contributed by atoms with Gasteiger partial charge in [0.15, 0.2) is 0 Å². The molecule has 1 heterocycles. The summed E-state index contributed by atoms with van der Waals surface area (Å²) in [5.74, 6) is 1.18. The first-order chi connectivity index (χ1) is 13.3. The van der Waals surface area contributed by atoms with Crippen LogP contribution in [0.2, 0.25) is 5.02 Å². The Morgan fingerprint density at radius 3 is 2.39 bits per heavy atom. The predicted molar refractivity (Wildman–Crippen MR) is 111 cm³/mol. The molecule has 1 aliphatic carbocycles. The van der Waals surface area contributed by atoms with Crippen molar-refractivity contribution in [3.05, 3.63) is 29.3 Å². The van der Waals surface area contributed by atoms with Crippen LogP contribution in [0.5, 0.6) is 0 Å². The van der Waals surface area contributed by atoms with Gasteiger partial charge in [-0.3, -0.25) is 9.69 Å². The molecule has 28 heavy (non-hydrogen) atoms. The van der Waals surface area contributed by atoms with Crippen LogP contribution in [0.25, 0.3) is 0 Å². The monoisotopic (exact) mass is 427 g/mol. The van der Waals surface area contributed by atoms with E-state index in [1.54, 1.807) is 12.1 Å². The maximum atomic E-state index is 12.7. The van der Waals surface area contributed by atoms with Gasteiger partial charge in [-0.2, -0.15) is 4.31 Å². The molecule has 8 heteroatoms. The van der Waals surface area contributed by atoms with E-state index in [0.29, 0.717) is 49.6 Å². The molecule has 0 spiro atoms. The third-order valence-corrected chi connectivity index (χ3v) is 8.37. The van der Waals surface area contributed by atoms with Gasteiger partial charge in [-0.05, 0) is 42.5 Å². The Labute approximate surface area is 173 Å². The maximum absolute atomic E-state index is 12.7. The second-order valence-corrected chi connectivity index (χ2v) is 10.4. The SMILES string of the molecule is C[C@H]1[C@@H](NC(=O)CN2CCN(S(=O)(=O)c3ccc(Cl)cc3)CC2)CCC[C@@H]1C. The second kappa shape index (κ2) is 9.11. The minimum absolute atomic E-state index is 0.0416. The molecule has 2 fully saturated rings. The van der Waals surface area contributed by atoms with Gasteiger partial charge in [0.2, 0.25) is 15.9 Å². The zero-order valence-corrected chi connectivity index (χ0v) is 18.2. The number of piperazine rings is 1. The van der Waals surface area contributed by atoms with Crippen molar-refractivity contribution in [3.8, 4) is 0 Å². The highest BCUT2D eigenvalue weighted by Gasteiger charge is 2.31. The summed E-state index contributed by atoms with van der Waals surface area (Å²) in [5.41, 5.74) is 0. The molecule has 3 atom stereocenters. The summed E-state index contributed by atoms with van der Waals surface area (Å²) in [7, 11) is -3.52. The van der Waals surface area contributed by atoms with E-state index in [-0.39, 0.29) is 16.8 Å². The first kappa shape index (κ1) is 21.6. The number of hydrogen-bond acceptors (Lipinski definition) is 4. The van der Waals surface area contributed by atoms with Crippen LogP contribution in [0, 0.1) is 11.8 Å². The largest absolute Gasteiger partial charge is 0.352 e. The average molecular weight is 428 g/mol. The molecular weight excluding hydrogens is 398 g/mol. The first-order valence-electron chi connectivity index (χ1n) is 10.0. The molecule has 1 aromatic rings. The molecule has 1 saturated heterocycles. The van der Waals surface area contributed by atoms with E-state index in [4.69, 9.17) is 11.6 Å². The van der Waals surface area contributed by atoms with Crippen molar-refractivity contribution >= 4 is 27.5 Å². The van der Waals surface area contributed by atoms with Gasteiger partial charge in [0.05, 0.1) is 11.4 Å². The Kier molecular flexibility index (Phi) is 7.02. The number of carbonyl (C=O) groups excluding carboxylic acids is 1. The van der Waals surface area contributed by atoms with Gasteiger partial charge in [0, 0.05) is 37.2 Å². The Balaban J connectivity index is 1.50. The number of sulfonamides is 1. The third-order valence-electron chi connectivity index (χ3n) is 6.20. The summed E-state index contributed by atoms with van der Waals surface area (Å²) < 4.78 is 27.0. The highest BCUT2D eigenvalue weighted by Crippen LogP contribution is 2.29. The van der Waals surface area contributed by atoms with E-state index >= 15 is 0 Å². The molecule has 0 unspecified atom stereocenters. The molecule has 1 aromatic carbocycles. The normalized spacial score (nSPS) is 27.5. The van der Waals surface area contributed by atoms with E-state index in [0.717, 1.165) is 12.8 Å². The maximum Gasteiger partial charge on any atom is 0.243 e. The second-order valence-electron chi connectivity index (χ2n) is 8.08. The number of rotatable bonds is 5. The van der Waals surface area contributed by atoms with Gasteiger partial charge >= 0.3 is 0 Å². The molecule has 1 saturated carbocycles. The minimum atomic E-state index is -3.52. The van der Waals surface area contributed by atoms with Crippen LogP contribution in [0.4, 0.5) is 0 Å². The smallest absolute Gasteiger partial charge is 0.243 e. The summed E-state index contributed by atoms with van der Waals surface area (Å²) in [6.45, 7) is 6.67. The predicted octanol–water partition coefficient (Wildman–Crippen LogP) is 2.59. The van der Waals surface area contributed by atoms with E-state index in [1.165, 1.54) is 22.9 Å². The lowest BCUT2D eigenvalue weighted by molar-refractivity contribution is -0.124. The standard InChI is InChI=1S/C20H30ClN3O3S/c1-15-4-3-5-19(16(15)2)22-20(25)14-23-10-12-24(13-11-23)28(26,27)18-8-6-17(21)7-9-18/h6-9,15-16,19H,3-5,10-14H2,1-2H3,(H,22,25)/t15-,16+,19-/m0/s1. The van der Waals surface area contributed by atoms with Gasteiger partial charge in [-0.1, -0.05) is 38.3 Å². The Morgan fingerprint density at radius 1 is 1.11 bits per heavy atom. The van der Waals surface area contributed by atoms with Crippen LogP contribution in [0.1, 0.15) is 33.1 Å². The summed E-state index contributed by atoms with van der Waals surface area (Å²) in [6, 6.07) is 6.49.